The molecule has 11 heteroatoms. The van der Waals surface area contributed by atoms with Gasteiger partial charge < -0.3 is 4.74 Å². The van der Waals surface area contributed by atoms with E-state index in [-0.39, 0.29) is 18.7 Å². The Kier molecular flexibility index (Phi) is 4.85. The topological polar surface area (TPSA) is 96.3 Å². The summed E-state index contributed by atoms with van der Waals surface area (Å²) in [5.41, 5.74) is -0.534. The molecule has 0 aliphatic rings. The van der Waals surface area contributed by atoms with E-state index in [1.807, 2.05) is 0 Å². The van der Waals surface area contributed by atoms with Crippen molar-refractivity contribution in [1.82, 2.24) is 28.9 Å². The molecule has 4 aromatic heterocycles. The van der Waals surface area contributed by atoms with Crippen LogP contribution < -0.4 is 5.69 Å². The molecule has 148 valence electrons. The van der Waals surface area contributed by atoms with Crippen LogP contribution in [0.5, 0.6) is 0 Å². The minimum absolute atomic E-state index is 0.0191. The normalized spacial score (nSPS) is 11.3. The lowest BCUT2D eigenvalue weighted by Gasteiger charge is -2.08. The van der Waals surface area contributed by atoms with Gasteiger partial charge in [0.25, 0.3) is 6.43 Å². The summed E-state index contributed by atoms with van der Waals surface area (Å²) in [6.45, 7) is -0.236. The summed E-state index contributed by atoms with van der Waals surface area (Å²) < 4.78 is 35.7. The summed E-state index contributed by atoms with van der Waals surface area (Å²) in [7, 11) is 0. The maximum atomic E-state index is 13.6. The van der Waals surface area contributed by atoms with Crippen LogP contribution in [0.3, 0.4) is 0 Å². The molecule has 0 saturated carbocycles. The molecular weight excluding hydrogens is 386 g/mol. The van der Waals surface area contributed by atoms with Gasteiger partial charge in [0.2, 0.25) is 0 Å². The van der Waals surface area contributed by atoms with Crippen LogP contribution in [-0.4, -0.2) is 41.5 Å². The van der Waals surface area contributed by atoms with Gasteiger partial charge in [-0.15, -0.1) is 5.10 Å². The molecule has 0 radical (unpaired) electrons. The third kappa shape index (κ3) is 3.49. The van der Waals surface area contributed by atoms with Crippen molar-refractivity contribution in [1.29, 1.82) is 0 Å². The highest BCUT2D eigenvalue weighted by Crippen LogP contribution is 2.26. The smallest absolute Gasteiger partial charge is 0.350 e. The zero-order valence-corrected chi connectivity index (χ0v) is 14.9. The zero-order chi connectivity index (χ0) is 20.4. The van der Waals surface area contributed by atoms with E-state index in [9.17, 15) is 18.4 Å². The molecule has 4 rings (SSSR count). The van der Waals surface area contributed by atoms with Crippen molar-refractivity contribution in [2.75, 3.05) is 6.61 Å². The number of rotatable bonds is 6. The molecular formula is C18H14F2N6O3. The second kappa shape index (κ2) is 7.62. The molecule has 4 heterocycles. The predicted octanol–water partition coefficient (Wildman–Crippen LogP) is 1.87. The Balaban J connectivity index is 1.51. The molecule has 0 aromatic carbocycles. The molecule has 9 nitrogen and oxygen atoms in total. The first-order chi connectivity index (χ1) is 14.1. The number of carbonyl (C=O) groups excluding carboxylic acids is 1. The lowest BCUT2D eigenvalue weighted by molar-refractivity contribution is 0.0475. The first kappa shape index (κ1) is 18.5. The standard InChI is InChI=1S/C18H14F2N6O3/c19-16(20)15-13(11-22-26(15)12-4-6-21-7-5-12)17(27)29-10-9-25-18(28)24-8-2-1-3-14(24)23-25/h1-8,11,16H,9-10H2. The van der Waals surface area contributed by atoms with Crippen molar-refractivity contribution in [3.05, 3.63) is 76.9 Å². The van der Waals surface area contributed by atoms with Crippen LogP contribution in [0.4, 0.5) is 8.78 Å². The van der Waals surface area contributed by atoms with Crippen molar-refractivity contribution in [2.45, 2.75) is 13.0 Å². The molecule has 0 amide bonds. The van der Waals surface area contributed by atoms with E-state index in [1.165, 1.54) is 28.9 Å². The highest BCUT2D eigenvalue weighted by atomic mass is 19.3. The van der Waals surface area contributed by atoms with Crippen LogP contribution in [0.15, 0.2) is 59.9 Å². The minimum Gasteiger partial charge on any atom is -0.460 e. The second-order valence-corrected chi connectivity index (χ2v) is 5.93. The number of aromatic nitrogens is 6. The first-order valence-electron chi connectivity index (χ1n) is 8.54. The van der Waals surface area contributed by atoms with Crippen LogP contribution in [0, 0.1) is 0 Å². The summed E-state index contributed by atoms with van der Waals surface area (Å²) in [4.78, 5) is 28.3. The number of alkyl halides is 2. The second-order valence-electron chi connectivity index (χ2n) is 5.93. The average Bonchev–Trinajstić information content (AvgIpc) is 3.31. The van der Waals surface area contributed by atoms with E-state index in [0.717, 1.165) is 15.6 Å². The minimum atomic E-state index is -2.95. The number of nitrogens with zero attached hydrogens (tertiary/aromatic N) is 6. The number of pyridine rings is 2. The summed E-state index contributed by atoms with van der Waals surface area (Å²) in [6, 6.07) is 8.06. The van der Waals surface area contributed by atoms with Crippen LogP contribution in [0.1, 0.15) is 22.5 Å². The van der Waals surface area contributed by atoms with Crippen molar-refractivity contribution in [2.24, 2.45) is 0 Å². The van der Waals surface area contributed by atoms with Gasteiger partial charge in [0.05, 0.1) is 18.4 Å². The largest absolute Gasteiger partial charge is 0.460 e. The highest BCUT2D eigenvalue weighted by Gasteiger charge is 2.26. The number of hydrogen-bond acceptors (Lipinski definition) is 6. The Bertz CT molecular complexity index is 1220. The van der Waals surface area contributed by atoms with Gasteiger partial charge in [-0.3, -0.25) is 9.38 Å². The summed E-state index contributed by atoms with van der Waals surface area (Å²) in [5, 5.41) is 7.98. The van der Waals surface area contributed by atoms with Gasteiger partial charge >= 0.3 is 11.7 Å². The molecule has 0 fully saturated rings. The highest BCUT2D eigenvalue weighted by molar-refractivity contribution is 5.90. The molecule has 4 aromatic rings. The Morgan fingerprint density at radius 3 is 2.69 bits per heavy atom. The first-order valence-corrected chi connectivity index (χ1v) is 8.54. The molecule has 0 unspecified atom stereocenters. The molecule has 0 atom stereocenters. The van der Waals surface area contributed by atoms with E-state index < -0.39 is 23.8 Å². The number of fused-ring (bicyclic) bond motifs is 1. The van der Waals surface area contributed by atoms with Crippen LogP contribution in [0.2, 0.25) is 0 Å². The number of hydrogen-bond donors (Lipinski definition) is 0. The van der Waals surface area contributed by atoms with E-state index in [4.69, 9.17) is 4.74 Å². The SMILES string of the molecule is O=C(OCCn1nc2ccccn2c1=O)c1cnn(-c2ccncc2)c1C(F)F. The molecule has 0 spiro atoms. The van der Waals surface area contributed by atoms with E-state index in [0.29, 0.717) is 11.3 Å². The summed E-state index contributed by atoms with van der Waals surface area (Å²) >= 11 is 0. The summed E-state index contributed by atoms with van der Waals surface area (Å²) in [5.74, 6) is -0.961. The van der Waals surface area contributed by atoms with Gasteiger partial charge in [0, 0.05) is 18.6 Å². The van der Waals surface area contributed by atoms with Gasteiger partial charge in [-0.25, -0.2) is 27.7 Å². The third-order valence-corrected chi connectivity index (χ3v) is 4.17. The fourth-order valence-corrected chi connectivity index (χ4v) is 2.83. The number of ether oxygens (including phenoxy) is 1. The van der Waals surface area contributed by atoms with Gasteiger partial charge in [-0.1, -0.05) is 6.07 Å². The van der Waals surface area contributed by atoms with E-state index in [1.54, 1.807) is 24.4 Å². The Hall–Kier alpha value is -3.89. The Labute approximate surface area is 161 Å². The lowest BCUT2D eigenvalue weighted by atomic mass is 10.2. The van der Waals surface area contributed by atoms with Crippen molar-refractivity contribution in [3.63, 3.8) is 0 Å². The molecule has 0 aliphatic heterocycles. The lowest BCUT2D eigenvalue weighted by Crippen LogP contribution is -2.24. The summed E-state index contributed by atoms with van der Waals surface area (Å²) in [6.07, 6.45) is 2.50. The predicted molar refractivity (Wildman–Crippen MR) is 96.1 cm³/mol. The van der Waals surface area contributed by atoms with Crippen LogP contribution in [0.25, 0.3) is 11.3 Å². The zero-order valence-electron chi connectivity index (χ0n) is 14.9. The van der Waals surface area contributed by atoms with E-state index >= 15 is 0 Å². The molecule has 0 N–H and O–H groups in total. The molecule has 0 aliphatic carbocycles. The van der Waals surface area contributed by atoms with E-state index in [2.05, 4.69) is 15.2 Å². The van der Waals surface area contributed by atoms with Gasteiger partial charge in [0.15, 0.2) is 5.65 Å². The Morgan fingerprint density at radius 2 is 1.97 bits per heavy atom. The Morgan fingerprint density at radius 1 is 1.17 bits per heavy atom. The quantitative estimate of drug-likeness (QED) is 0.459. The third-order valence-electron chi connectivity index (χ3n) is 4.17. The number of halogens is 2. The maximum absolute atomic E-state index is 13.6. The molecule has 0 saturated heterocycles. The number of carbonyl (C=O) groups is 1. The van der Waals surface area contributed by atoms with Gasteiger partial charge in [0.1, 0.15) is 17.9 Å². The van der Waals surface area contributed by atoms with Crippen molar-refractivity contribution in [3.8, 4) is 5.69 Å². The van der Waals surface area contributed by atoms with Crippen LogP contribution >= 0.6 is 0 Å². The van der Waals surface area contributed by atoms with Crippen LogP contribution in [-0.2, 0) is 11.3 Å². The fraction of sp³-hybridized carbons (Fsp3) is 0.167. The molecule has 0 bridgehead atoms. The fourth-order valence-electron chi connectivity index (χ4n) is 2.83. The maximum Gasteiger partial charge on any atom is 0.350 e. The van der Waals surface area contributed by atoms with Gasteiger partial charge in [-0.2, -0.15) is 5.10 Å². The average molecular weight is 400 g/mol. The molecule has 29 heavy (non-hydrogen) atoms. The van der Waals surface area contributed by atoms with Crippen molar-refractivity contribution >= 4 is 11.6 Å². The van der Waals surface area contributed by atoms with Gasteiger partial charge in [-0.05, 0) is 24.3 Å². The monoisotopic (exact) mass is 400 g/mol. The number of esters is 1. The van der Waals surface area contributed by atoms with Crippen molar-refractivity contribution < 1.29 is 18.3 Å².